The fourth-order valence-corrected chi connectivity index (χ4v) is 4.88. The summed E-state index contributed by atoms with van der Waals surface area (Å²) >= 11 is 0.772. The molecule has 1 fully saturated rings. The number of likely N-dealkylation sites (tertiary alicyclic amines) is 1. The molecule has 3 heterocycles. The lowest BCUT2D eigenvalue weighted by atomic mass is 10.1. The van der Waals surface area contributed by atoms with E-state index < -0.39 is 11.8 Å². The number of imidazole rings is 1. The van der Waals surface area contributed by atoms with Gasteiger partial charge in [-0.1, -0.05) is 18.7 Å². The summed E-state index contributed by atoms with van der Waals surface area (Å²) in [7, 11) is 0. The fourth-order valence-electron chi connectivity index (χ4n) is 4.05. The van der Waals surface area contributed by atoms with E-state index in [0.29, 0.717) is 25.5 Å². The number of para-hydroxylation sites is 2. The number of hydrogen-bond acceptors (Lipinski definition) is 4. The number of alkyl halides is 2. The molecule has 1 aromatic carbocycles. The predicted molar refractivity (Wildman–Crippen MR) is 121 cm³/mol. The number of nitrogens with zero attached hydrogens (tertiary/aromatic N) is 3. The Bertz CT molecular complexity index is 1160. The summed E-state index contributed by atoms with van der Waals surface area (Å²) in [6.45, 7) is 5.61. The first-order chi connectivity index (χ1) is 15.3. The van der Waals surface area contributed by atoms with Crippen molar-refractivity contribution in [2.45, 2.75) is 38.2 Å². The molecule has 0 aliphatic carbocycles. The lowest BCUT2D eigenvalue weighted by Gasteiger charge is -2.21. The highest BCUT2D eigenvalue weighted by Crippen LogP contribution is 2.34. The molecule has 9 heteroatoms. The Morgan fingerprint density at radius 3 is 2.72 bits per heavy atom. The molecule has 168 valence electrons. The quantitative estimate of drug-likeness (QED) is 0.535. The van der Waals surface area contributed by atoms with Crippen LogP contribution >= 0.6 is 11.3 Å². The number of anilines is 1. The Balaban J connectivity index is 1.63. The van der Waals surface area contributed by atoms with E-state index in [1.807, 2.05) is 28.8 Å². The second-order valence-corrected chi connectivity index (χ2v) is 9.00. The number of rotatable bonds is 5. The standard InChI is InChI=1S/C23H24F2N4O2S/c1-3-20(30)28-13-6-7-15(12-14-28)29-17-9-5-4-8-16(17)26-22(29)27-21(31)18-10-11-19(32-18)23(2,24)25/h3-5,8-11,15H,1,6-7,12-14H2,2H3,(H,26,27,31)/t15-/m1/s1. The van der Waals surface area contributed by atoms with Gasteiger partial charge in [-0.25, -0.2) is 13.8 Å². The molecule has 1 aliphatic heterocycles. The molecule has 0 unspecified atom stereocenters. The van der Waals surface area contributed by atoms with Crippen molar-refractivity contribution >= 4 is 40.1 Å². The van der Waals surface area contributed by atoms with Crippen molar-refractivity contribution in [2.75, 3.05) is 18.4 Å². The molecule has 32 heavy (non-hydrogen) atoms. The van der Waals surface area contributed by atoms with Gasteiger partial charge in [0, 0.05) is 26.1 Å². The molecule has 0 saturated carbocycles. The van der Waals surface area contributed by atoms with Crippen LogP contribution in [0.5, 0.6) is 0 Å². The molecule has 1 N–H and O–H groups in total. The average molecular weight is 459 g/mol. The number of aromatic nitrogens is 2. The number of carbonyl (C=O) groups excluding carboxylic acids is 2. The normalized spacial score (nSPS) is 17.2. The maximum Gasteiger partial charge on any atom is 0.279 e. The molecular formula is C23H24F2N4O2S. The first-order valence-electron chi connectivity index (χ1n) is 10.5. The van der Waals surface area contributed by atoms with E-state index in [9.17, 15) is 18.4 Å². The van der Waals surface area contributed by atoms with E-state index in [-0.39, 0.29) is 21.7 Å². The molecule has 1 aliphatic rings. The van der Waals surface area contributed by atoms with Gasteiger partial charge in [-0.15, -0.1) is 11.3 Å². The van der Waals surface area contributed by atoms with E-state index in [1.165, 1.54) is 18.2 Å². The Hall–Kier alpha value is -3.07. The van der Waals surface area contributed by atoms with Crippen molar-refractivity contribution < 1.29 is 18.4 Å². The third-order valence-electron chi connectivity index (χ3n) is 5.63. The summed E-state index contributed by atoms with van der Waals surface area (Å²) in [6, 6.07) is 10.3. The molecule has 4 rings (SSSR count). The molecule has 2 amide bonds. The van der Waals surface area contributed by atoms with Gasteiger partial charge in [0.05, 0.1) is 20.8 Å². The monoisotopic (exact) mass is 458 g/mol. The predicted octanol–water partition coefficient (Wildman–Crippen LogP) is 5.20. The number of amides is 2. The smallest absolute Gasteiger partial charge is 0.279 e. The zero-order valence-corrected chi connectivity index (χ0v) is 18.5. The number of thiophene rings is 1. The summed E-state index contributed by atoms with van der Waals surface area (Å²) < 4.78 is 29.2. The maximum atomic E-state index is 13.6. The van der Waals surface area contributed by atoms with Gasteiger partial charge in [0.1, 0.15) is 0 Å². The lowest BCUT2D eigenvalue weighted by Crippen LogP contribution is -2.30. The van der Waals surface area contributed by atoms with Crippen molar-refractivity contribution in [3.63, 3.8) is 0 Å². The number of hydrogen-bond donors (Lipinski definition) is 1. The summed E-state index contributed by atoms with van der Waals surface area (Å²) in [5.41, 5.74) is 1.61. The van der Waals surface area contributed by atoms with Gasteiger partial charge < -0.3 is 9.47 Å². The zero-order valence-electron chi connectivity index (χ0n) is 17.7. The van der Waals surface area contributed by atoms with Crippen LogP contribution < -0.4 is 5.32 Å². The highest BCUT2D eigenvalue weighted by molar-refractivity contribution is 7.14. The molecule has 0 radical (unpaired) electrons. The van der Waals surface area contributed by atoms with Gasteiger partial charge in [0.2, 0.25) is 11.9 Å². The zero-order chi connectivity index (χ0) is 22.9. The molecule has 0 spiro atoms. The van der Waals surface area contributed by atoms with Crippen molar-refractivity contribution in [1.29, 1.82) is 0 Å². The minimum atomic E-state index is -2.99. The second-order valence-electron chi connectivity index (χ2n) is 7.91. The maximum absolute atomic E-state index is 13.6. The Morgan fingerprint density at radius 1 is 1.22 bits per heavy atom. The summed E-state index contributed by atoms with van der Waals surface area (Å²) in [5.74, 6) is -3.18. The Kier molecular flexibility index (Phi) is 6.10. The molecular weight excluding hydrogens is 434 g/mol. The van der Waals surface area contributed by atoms with Crippen LogP contribution in [0.2, 0.25) is 0 Å². The molecule has 1 atom stereocenters. The van der Waals surface area contributed by atoms with Crippen LogP contribution in [0.1, 0.15) is 46.8 Å². The number of fused-ring (bicyclic) bond motifs is 1. The van der Waals surface area contributed by atoms with Gasteiger partial charge in [-0.05, 0) is 49.6 Å². The largest absolute Gasteiger partial charge is 0.339 e. The van der Waals surface area contributed by atoms with Crippen LogP contribution in [-0.2, 0) is 10.7 Å². The topological polar surface area (TPSA) is 67.2 Å². The summed E-state index contributed by atoms with van der Waals surface area (Å²) in [5, 5.41) is 2.83. The fraction of sp³-hybridized carbons (Fsp3) is 0.348. The summed E-state index contributed by atoms with van der Waals surface area (Å²) in [4.78, 5) is 31.3. The molecule has 0 bridgehead atoms. The number of benzene rings is 1. The first-order valence-corrected chi connectivity index (χ1v) is 11.3. The number of halogens is 2. The van der Waals surface area contributed by atoms with E-state index in [4.69, 9.17) is 0 Å². The van der Waals surface area contributed by atoms with Crippen molar-refractivity contribution in [3.8, 4) is 0 Å². The average Bonchev–Trinajstić information content (AvgIpc) is 3.32. The molecule has 2 aromatic heterocycles. The van der Waals surface area contributed by atoms with Gasteiger partial charge in [-0.2, -0.15) is 0 Å². The van der Waals surface area contributed by atoms with Gasteiger partial charge >= 0.3 is 0 Å². The summed E-state index contributed by atoms with van der Waals surface area (Å²) in [6.07, 6.45) is 3.65. The van der Waals surface area contributed by atoms with Crippen molar-refractivity contribution in [1.82, 2.24) is 14.5 Å². The van der Waals surface area contributed by atoms with Crippen LogP contribution in [0.15, 0.2) is 49.1 Å². The molecule has 1 saturated heterocycles. The SMILES string of the molecule is C=CC(=O)N1CCC[C@@H](n2c(NC(=O)c3ccc(C(C)(F)F)s3)nc3ccccc32)CC1. The second kappa shape index (κ2) is 8.82. The Labute approximate surface area is 188 Å². The minimum absolute atomic E-state index is 0.0270. The van der Waals surface area contributed by atoms with Crippen molar-refractivity contribution in [3.05, 3.63) is 58.8 Å². The van der Waals surface area contributed by atoms with E-state index in [0.717, 1.165) is 42.1 Å². The van der Waals surface area contributed by atoms with E-state index in [2.05, 4.69) is 16.9 Å². The van der Waals surface area contributed by atoms with Crippen LogP contribution in [0, 0.1) is 0 Å². The molecule has 6 nitrogen and oxygen atoms in total. The van der Waals surface area contributed by atoms with Gasteiger partial charge in [0.25, 0.3) is 11.8 Å². The number of nitrogens with one attached hydrogen (secondary N) is 1. The highest BCUT2D eigenvalue weighted by atomic mass is 32.1. The van der Waals surface area contributed by atoms with Crippen LogP contribution in [0.25, 0.3) is 11.0 Å². The highest BCUT2D eigenvalue weighted by Gasteiger charge is 2.29. The van der Waals surface area contributed by atoms with Gasteiger partial charge in [-0.3, -0.25) is 14.9 Å². The van der Waals surface area contributed by atoms with Crippen LogP contribution in [-0.4, -0.2) is 39.4 Å². The third kappa shape index (κ3) is 4.43. The van der Waals surface area contributed by atoms with Crippen molar-refractivity contribution in [2.24, 2.45) is 0 Å². The lowest BCUT2D eigenvalue weighted by molar-refractivity contribution is -0.125. The minimum Gasteiger partial charge on any atom is -0.339 e. The van der Waals surface area contributed by atoms with E-state index in [1.54, 1.807) is 4.90 Å². The van der Waals surface area contributed by atoms with Crippen LogP contribution in [0.3, 0.4) is 0 Å². The van der Waals surface area contributed by atoms with Gasteiger partial charge in [0.15, 0.2) is 0 Å². The Morgan fingerprint density at radius 2 is 2.00 bits per heavy atom. The van der Waals surface area contributed by atoms with E-state index >= 15 is 0 Å². The number of carbonyl (C=O) groups is 2. The first kappa shape index (κ1) is 22.1. The van der Waals surface area contributed by atoms with Crippen LogP contribution in [0.4, 0.5) is 14.7 Å². The third-order valence-corrected chi connectivity index (χ3v) is 6.89. The molecule has 3 aromatic rings.